The fourth-order valence-corrected chi connectivity index (χ4v) is 3.14. The second-order valence-corrected chi connectivity index (χ2v) is 6.74. The first-order valence-electron chi connectivity index (χ1n) is 9.23. The summed E-state index contributed by atoms with van der Waals surface area (Å²) in [6.45, 7) is 3.57. The Balaban J connectivity index is 1.76. The molecule has 0 radical (unpaired) electrons. The van der Waals surface area contributed by atoms with Gasteiger partial charge in [0.1, 0.15) is 5.75 Å². The number of hydrogen-bond donors (Lipinski definition) is 0. The molecule has 0 unspecified atom stereocenters. The molecule has 29 heavy (non-hydrogen) atoms. The van der Waals surface area contributed by atoms with Crippen LogP contribution < -0.4 is 4.74 Å². The van der Waals surface area contributed by atoms with Crippen LogP contribution in [0, 0.1) is 0 Å². The van der Waals surface area contributed by atoms with E-state index in [-0.39, 0.29) is 5.78 Å². The van der Waals surface area contributed by atoms with Crippen LogP contribution in [0.5, 0.6) is 5.75 Å². The second kappa shape index (κ2) is 9.24. The highest BCUT2D eigenvalue weighted by Gasteiger charge is 2.30. The quantitative estimate of drug-likeness (QED) is 0.526. The zero-order valence-electron chi connectivity index (χ0n) is 16.0. The van der Waals surface area contributed by atoms with Crippen molar-refractivity contribution < 1.29 is 27.4 Å². The number of nitrogens with zero attached hydrogens (tertiary/aromatic N) is 1. The number of hydrogen-bond acceptors (Lipinski definition) is 4. The largest absolute Gasteiger partial charge is 0.496 e. The third-order valence-corrected chi connectivity index (χ3v) is 4.70. The number of ether oxygens (including phenoxy) is 2. The average molecular weight is 405 g/mol. The van der Waals surface area contributed by atoms with Gasteiger partial charge < -0.3 is 9.47 Å². The summed E-state index contributed by atoms with van der Waals surface area (Å²) in [6.07, 6.45) is -1.74. The van der Waals surface area contributed by atoms with E-state index in [0.717, 1.165) is 30.8 Å². The van der Waals surface area contributed by atoms with E-state index in [1.165, 1.54) is 24.3 Å². The van der Waals surface area contributed by atoms with Crippen molar-refractivity contribution in [1.82, 2.24) is 4.90 Å². The molecule has 4 nitrogen and oxygen atoms in total. The molecule has 154 valence electrons. The van der Waals surface area contributed by atoms with Gasteiger partial charge in [0, 0.05) is 30.8 Å². The molecule has 0 bridgehead atoms. The van der Waals surface area contributed by atoms with Crippen LogP contribution in [0.3, 0.4) is 0 Å². The SMILES string of the molecule is COc1ccc(C(=O)/C=C/c2cccc(C(F)(F)F)c2)cc1CN1CCOCC1. The van der Waals surface area contributed by atoms with E-state index in [4.69, 9.17) is 9.47 Å². The van der Waals surface area contributed by atoms with Crippen molar-refractivity contribution in [2.24, 2.45) is 0 Å². The Morgan fingerprint density at radius 1 is 1.17 bits per heavy atom. The van der Waals surface area contributed by atoms with Gasteiger partial charge in [-0.3, -0.25) is 9.69 Å². The van der Waals surface area contributed by atoms with Gasteiger partial charge in [-0.25, -0.2) is 0 Å². The van der Waals surface area contributed by atoms with Crippen LogP contribution in [-0.2, 0) is 17.5 Å². The Morgan fingerprint density at radius 3 is 2.62 bits per heavy atom. The number of benzene rings is 2. The molecule has 1 heterocycles. The first kappa shape index (κ1) is 21.1. The van der Waals surface area contributed by atoms with E-state index in [2.05, 4.69) is 4.90 Å². The highest BCUT2D eigenvalue weighted by molar-refractivity contribution is 6.07. The molecule has 0 N–H and O–H groups in total. The van der Waals surface area contributed by atoms with Crippen molar-refractivity contribution in [2.45, 2.75) is 12.7 Å². The van der Waals surface area contributed by atoms with Gasteiger partial charge in [-0.1, -0.05) is 18.2 Å². The Morgan fingerprint density at radius 2 is 1.93 bits per heavy atom. The second-order valence-electron chi connectivity index (χ2n) is 6.74. The molecular formula is C22H22F3NO3. The van der Waals surface area contributed by atoms with E-state index in [1.807, 2.05) is 0 Å². The maximum atomic E-state index is 12.8. The van der Waals surface area contributed by atoms with Crippen LogP contribution in [0.4, 0.5) is 13.2 Å². The summed E-state index contributed by atoms with van der Waals surface area (Å²) in [5.74, 6) is 0.406. The number of rotatable bonds is 6. The average Bonchev–Trinajstić information content (AvgIpc) is 2.72. The molecule has 0 spiro atoms. The molecule has 2 aromatic carbocycles. The number of carbonyl (C=O) groups is 1. The van der Waals surface area contributed by atoms with Gasteiger partial charge in [-0.15, -0.1) is 0 Å². The van der Waals surface area contributed by atoms with E-state index in [9.17, 15) is 18.0 Å². The first-order valence-corrected chi connectivity index (χ1v) is 9.23. The molecule has 0 aromatic heterocycles. The van der Waals surface area contributed by atoms with E-state index in [1.54, 1.807) is 25.3 Å². The maximum Gasteiger partial charge on any atom is 0.416 e. The summed E-state index contributed by atoms with van der Waals surface area (Å²) in [7, 11) is 1.58. The number of methoxy groups -OCH3 is 1. The predicted molar refractivity (Wildman–Crippen MR) is 104 cm³/mol. The number of carbonyl (C=O) groups excluding carboxylic acids is 1. The van der Waals surface area contributed by atoms with Crippen LogP contribution in [0.1, 0.15) is 27.0 Å². The van der Waals surface area contributed by atoms with Crippen LogP contribution in [0.15, 0.2) is 48.5 Å². The van der Waals surface area contributed by atoms with Gasteiger partial charge in [-0.05, 0) is 42.0 Å². The van der Waals surface area contributed by atoms with Crippen molar-refractivity contribution >= 4 is 11.9 Å². The normalized spacial score (nSPS) is 15.6. The molecule has 7 heteroatoms. The van der Waals surface area contributed by atoms with Crippen LogP contribution in [0.2, 0.25) is 0 Å². The zero-order valence-corrected chi connectivity index (χ0v) is 16.0. The minimum atomic E-state index is -4.42. The van der Waals surface area contributed by atoms with Gasteiger partial charge in [0.05, 0.1) is 25.9 Å². The van der Waals surface area contributed by atoms with E-state index >= 15 is 0 Å². The standard InChI is InChI=1S/C22H22F3NO3/c1-28-21-8-6-17(14-18(21)15-26-9-11-29-12-10-26)20(27)7-5-16-3-2-4-19(13-16)22(23,24)25/h2-8,13-14H,9-12,15H2,1H3/b7-5+. The smallest absolute Gasteiger partial charge is 0.416 e. The Labute approximate surface area is 167 Å². The minimum Gasteiger partial charge on any atom is -0.496 e. The monoisotopic (exact) mass is 405 g/mol. The highest BCUT2D eigenvalue weighted by atomic mass is 19.4. The Hall–Kier alpha value is -2.64. The predicted octanol–water partition coefficient (Wildman–Crippen LogP) is 4.44. The number of allylic oxidation sites excluding steroid dienone is 1. The zero-order chi connectivity index (χ0) is 20.9. The molecular weight excluding hydrogens is 383 g/mol. The van der Waals surface area contributed by atoms with Crippen molar-refractivity contribution in [3.63, 3.8) is 0 Å². The molecule has 1 aliphatic heterocycles. The molecule has 0 atom stereocenters. The number of ketones is 1. The molecule has 0 aliphatic carbocycles. The summed E-state index contributed by atoms with van der Waals surface area (Å²) < 4.78 is 49.2. The summed E-state index contributed by atoms with van der Waals surface area (Å²) in [5, 5.41) is 0. The lowest BCUT2D eigenvalue weighted by molar-refractivity contribution is -0.137. The number of morpholine rings is 1. The maximum absolute atomic E-state index is 12.8. The Bertz CT molecular complexity index is 887. The summed E-state index contributed by atoms with van der Waals surface area (Å²) in [4.78, 5) is 14.8. The first-order chi connectivity index (χ1) is 13.9. The molecule has 0 amide bonds. The van der Waals surface area contributed by atoms with Crippen LogP contribution in [-0.4, -0.2) is 44.1 Å². The van der Waals surface area contributed by atoms with Gasteiger partial charge in [-0.2, -0.15) is 13.2 Å². The molecule has 1 fully saturated rings. The molecule has 2 aromatic rings. The van der Waals surface area contributed by atoms with Gasteiger partial charge in [0.15, 0.2) is 5.78 Å². The summed E-state index contributed by atoms with van der Waals surface area (Å²) in [5.41, 5.74) is 0.907. The lowest BCUT2D eigenvalue weighted by Gasteiger charge is -2.27. The topological polar surface area (TPSA) is 38.8 Å². The lowest BCUT2D eigenvalue weighted by Crippen LogP contribution is -2.35. The van der Waals surface area contributed by atoms with E-state index in [0.29, 0.717) is 36.6 Å². The highest BCUT2D eigenvalue weighted by Crippen LogP contribution is 2.30. The van der Waals surface area contributed by atoms with E-state index < -0.39 is 11.7 Å². The molecule has 0 saturated carbocycles. The third kappa shape index (κ3) is 5.68. The van der Waals surface area contributed by atoms with Gasteiger partial charge in [0.2, 0.25) is 0 Å². The fraction of sp³-hybridized carbons (Fsp3) is 0.318. The Kier molecular flexibility index (Phi) is 6.71. The number of alkyl halides is 3. The summed E-state index contributed by atoms with van der Waals surface area (Å²) >= 11 is 0. The van der Waals surface area contributed by atoms with Crippen molar-refractivity contribution in [2.75, 3.05) is 33.4 Å². The van der Waals surface area contributed by atoms with Gasteiger partial charge in [0.25, 0.3) is 0 Å². The third-order valence-electron chi connectivity index (χ3n) is 4.70. The molecule has 1 saturated heterocycles. The fourth-order valence-electron chi connectivity index (χ4n) is 3.14. The lowest BCUT2D eigenvalue weighted by atomic mass is 10.0. The molecule has 1 aliphatic rings. The molecule has 3 rings (SSSR count). The summed E-state index contributed by atoms with van der Waals surface area (Å²) in [6, 6.07) is 10.0. The minimum absolute atomic E-state index is 0.284. The van der Waals surface area contributed by atoms with Gasteiger partial charge >= 0.3 is 6.18 Å². The van der Waals surface area contributed by atoms with Crippen LogP contribution >= 0.6 is 0 Å². The van der Waals surface area contributed by atoms with Crippen molar-refractivity contribution in [1.29, 1.82) is 0 Å². The number of halogens is 3. The van der Waals surface area contributed by atoms with Crippen molar-refractivity contribution in [3.05, 3.63) is 70.8 Å². The van der Waals surface area contributed by atoms with Crippen LogP contribution in [0.25, 0.3) is 6.08 Å². The van der Waals surface area contributed by atoms with Crippen molar-refractivity contribution in [3.8, 4) is 5.75 Å².